The Bertz CT molecular complexity index is 1180. The molecule has 1 saturated heterocycles. The van der Waals surface area contributed by atoms with Gasteiger partial charge in [0.1, 0.15) is 24.1 Å². The molecule has 9 nitrogen and oxygen atoms in total. The number of aromatic nitrogens is 5. The van der Waals surface area contributed by atoms with Crippen LogP contribution in [0.4, 0.5) is 5.82 Å². The number of hydrogen-bond acceptors (Lipinski definition) is 7. The molecule has 3 aromatic heterocycles. The van der Waals surface area contributed by atoms with Crippen molar-refractivity contribution >= 4 is 26.9 Å². The lowest BCUT2D eigenvalue weighted by Crippen LogP contribution is -2.41. The van der Waals surface area contributed by atoms with E-state index in [4.69, 9.17) is 0 Å². The van der Waals surface area contributed by atoms with Crippen molar-refractivity contribution in [1.82, 2.24) is 29.2 Å². The van der Waals surface area contributed by atoms with Crippen LogP contribution in [0.3, 0.4) is 0 Å². The average molecular weight is 428 g/mol. The van der Waals surface area contributed by atoms with Crippen LogP contribution in [0.5, 0.6) is 0 Å². The second-order valence-corrected chi connectivity index (χ2v) is 10.2. The van der Waals surface area contributed by atoms with E-state index in [1.54, 1.807) is 17.0 Å². The van der Waals surface area contributed by atoms with Crippen LogP contribution in [0.2, 0.25) is 0 Å². The molecule has 1 unspecified atom stereocenters. The van der Waals surface area contributed by atoms with Gasteiger partial charge in [-0.1, -0.05) is 0 Å². The molecule has 0 bridgehead atoms. The van der Waals surface area contributed by atoms with Gasteiger partial charge in [-0.05, 0) is 25.8 Å². The van der Waals surface area contributed by atoms with E-state index in [2.05, 4.69) is 36.7 Å². The highest BCUT2D eigenvalue weighted by Crippen LogP contribution is 2.36. The van der Waals surface area contributed by atoms with Crippen molar-refractivity contribution in [3.63, 3.8) is 0 Å². The lowest BCUT2D eigenvalue weighted by molar-refractivity contribution is 0.317. The average Bonchev–Trinajstić information content (AvgIpc) is 3.21. The Morgan fingerprint density at radius 2 is 1.87 bits per heavy atom. The zero-order valence-electron chi connectivity index (χ0n) is 17.1. The third kappa shape index (κ3) is 3.33. The molecule has 1 fully saturated rings. The number of anilines is 1. The smallest absolute Gasteiger partial charge is 0.211 e. The molecule has 10 heteroatoms. The largest absolute Gasteiger partial charge is 0.348 e. The summed E-state index contributed by atoms with van der Waals surface area (Å²) in [5, 5.41) is 1.01. The fourth-order valence-electron chi connectivity index (χ4n) is 4.71. The zero-order chi connectivity index (χ0) is 20.9. The summed E-state index contributed by atoms with van der Waals surface area (Å²) >= 11 is 0. The molecule has 5 rings (SSSR count). The third-order valence-electron chi connectivity index (χ3n) is 6.33. The quantitative estimate of drug-likeness (QED) is 0.679. The van der Waals surface area contributed by atoms with Crippen LogP contribution in [0.25, 0.3) is 11.0 Å². The van der Waals surface area contributed by atoms with Gasteiger partial charge in [-0.15, -0.1) is 0 Å². The SMILES string of the molecule is CC1Cc2ncnc(C3CCN(S(C)(=O)=O)CC3)c2CN1c1ncnc2[nH]ccc12. The van der Waals surface area contributed by atoms with E-state index in [9.17, 15) is 8.42 Å². The van der Waals surface area contributed by atoms with Crippen LogP contribution in [-0.2, 0) is 23.0 Å². The van der Waals surface area contributed by atoms with Crippen LogP contribution < -0.4 is 4.90 Å². The minimum absolute atomic E-state index is 0.243. The molecule has 30 heavy (non-hydrogen) atoms. The monoisotopic (exact) mass is 427 g/mol. The maximum absolute atomic E-state index is 11.9. The molecule has 158 valence electrons. The van der Waals surface area contributed by atoms with Gasteiger partial charge >= 0.3 is 0 Å². The first-order valence-electron chi connectivity index (χ1n) is 10.2. The van der Waals surface area contributed by atoms with Crippen molar-refractivity contribution in [2.45, 2.75) is 44.7 Å². The Kier molecular flexibility index (Phi) is 4.70. The normalized spacial score (nSPS) is 21.1. The van der Waals surface area contributed by atoms with Crippen molar-refractivity contribution in [3.8, 4) is 0 Å². The molecule has 0 saturated carbocycles. The van der Waals surface area contributed by atoms with Gasteiger partial charge in [-0.2, -0.15) is 0 Å². The van der Waals surface area contributed by atoms with E-state index < -0.39 is 10.0 Å². The predicted octanol–water partition coefficient (Wildman–Crippen LogP) is 1.84. The Morgan fingerprint density at radius 3 is 2.63 bits per heavy atom. The topological polar surface area (TPSA) is 108 Å². The predicted molar refractivity (Wildman–Crippen MR) is 114 cm³/mol. The number of hydrogen-bond donors (Lipinski definition) is 1. The summed E-state index contributed by atoms with van der Waals surface area (Å²) in [6, 6.07) is 2.26. The maximum Gasteiger partial charge on any atom is 0.211 e. The lowest BCUT2D eigenvalue weighted by Gasteiger charge is -2.37. The highest BCUT2D eigenvalue weighted by molar-refractivity contribution is 7.88. The van der Waals surface area contributed by atoms with Gasteiger partial charge in [0.15, 0.2) is 0 Å². The van der Waals surface area contributed by atoms with Crippen molar-refractivity contribution in [2.24, 2.45) is 0 Å². The molecule has 0 radical (unpaired) electrons. The van der Waals surface area contributed by atoms with Crippen molar-refractivity contribution < 1.29 is 8.42 Å². The van der Waals surface area contributed by atoms with E-state index in [0.717, 1.165) is 53.1 Å². The highest BCUT2D eigenvalue weighted by atomic mass is 32.2. The Morgan fingerprint density at radius 1 is 1.10 bits per heavy atom. The van der Waals surface area contributed by atoms with E-state index >= 15 is 0 Å². The van der Waals surface area contributed by atoms with E-state index in [1.165, 1.54) is 6.26 Å². The summed E-state index contributed by atoms with van der Waals surface area (Å²) in [5.74, 6) is 1.16. The summed E-state index contributed by atoms with van der Waals surface area (Å²) in [7, 11) is -3.14. The number of piperidine rings is 1. The first-order valence-corrected chi connectivity index (χ1v) is 12.1. The standard InChI is InChI=1S/C20H25N7O2S/c1-13-9-17-16(10-27(13)20-15-3-6-21-19(15)24-12-25-20)18(23-11-22-17)14-4-7-26(8-5-14)30(2,28)29/h3,6,11-14H,4-5,7-10H2,1-2H3,(H,21,24,25). The van der Waals surface area contributed by atoms with Crippen molar-refractivity contribution in [2.75, 3.05) is 24.2 Å². The first kappa shape index (κ1) is 19.4. The van der Waals surface area contributed by atoms with Crippen LogP contribution >= 0.6 is 0 Å². The molecule has 2 aliphatic heterocycles. The Labute approximate surface area is 175 Å². The minimum Gasteiger partial charge on any atom is -0.348 e. The number of aromatic amines is 1. The van der Waals surface area contributed by atoms with E-state index in [1.807, 2.05) is 12.3 Å². The minimum atomic E-state index is -3.14. The summed E-state index contributed by atoms with van der Waals surface area (Å²) in [4.78, 5) is 23.6. The number of H-pyrrole nitrogens is 1. The van der Waals surface area contributed by atoms with Gasteiger partial charge in [-0.25, -0.2) is 32.7 Å². The van der Waals surface area contributed by atoms with Crippen LogP contribution in [-0.4, -0.2) is 63.0 Å². The summed E-state index contributed by atoms with van der Waals surface area (Å²) in [5.41, 5.74) is 4.14. The van der Waals surface area contributed by atoms with Gasteiger partial charge in [0.05, 0.1) is 23.0 Å². The summed E-state index contributed by atoms with van der Waals surface area (Å²) in [6.07, 6.45) is 8.80. The fourth-order valence-corrected chi connectivity index (χ4v) is 5.59. The van der Waals surface area contributed by atoms with E-state index in [0.29, 0.717) is 19.6 Å². The Balaban J connectivity index is 1.47. The molecule has 1 atom stereocenters. The number of nitrogens with one attached hydrogen (secondary N) is 1. The molecule has 3 aromatic rings. The highest BCUT2D eigenvalue weighted by Gasteiger charge is 2.33. The molecule has 2 aliphatic rings. The second kappa shape index (κ2) is 7.28. The molecule has 1 N–H and O–H groups in total. The second-order valence-electron chi connectivity index (χ2n) is 8.24. The van der Waals surface area contributed by atoms with Crippen LogP contribution in [0.15, 0.2) is 24.9 Å². The fraction of sp³-hybridized carbons (Fsp3) is 0.500. The number of nitrogens with zero attached hydrogens (tertiary/aromatic N) is 6. The van der Waals surface area contributed by atoms with Crippen LogP contribution in [0.1, 0.15) is 42.6 Å². The van der Waals surface area contributed by atoms with Crippen LogP contribution in [0, 0.1) is 0 Å². The molecular weight excluding hydrogens is 402 g/mol. The van der Waals surface area contributed by atoms with Gasteiger partial charge < -0.3 is 9.88 Å². The zero-order valence-corrected chi connectivity index (χ0v) is 17.9. The molecular formula is C20H25N7O2S. The third-order valence-corrected chi connectivity index (χ3v) is 7.64. The van der Waals surface area contributed by atoms with Gasteiger partial charge in [0.2, 0.25) is 10.0 Å². The molecule has 5 heterocycles. The number of fused-ring (bicyclic) bond motifs is 2. The summed E-state index contributed by atoms with van der Waals surface area (Å²) < 4.78 is 25.3. The molecule has 0 aliphatic carbocycles. The maximum atomic E-state index is 11.9. The summed E-state index contributed by atoms with van der Waals surface area (Å²) in [6.45, 7) is 3.96. The van der Waals surface area contributed by atoms with Crippen molar-refractivity contribution in [1.29, 1.82) is 0 Å². The van der Waals surface area contributed by atoms with Gasteiger partial charge in [0.25, 0.3) is 0 Å². The molecule has 0 spiro atoms. The lowest BCUT2D eigenvalue weighted by atomic mass is 9.88. The number of rotatable bonds is 3. The van der Waals surface area contributed by atoms with E-state index in [-0.39, 0.29) is 12.0 Å². The first-order chi connectivity index (χ1) is 14.4. The van der Waals surface area contributed by atoms with Gasteiger partial charge in [0, 0.05) is 49.8 Å². The van der Waals surface area contributed by atoms with Gasteiger partial charge in [-0.3, -0.25) is 0 Å². The Hall–Kier alpha value is -2.59. The molecule has 0 amide bonds. The number of sulfonamides is 1. The molecule has 0 aromatic carbocycles. The van der Waals surface area contributed by atoms with Crippen molar-refractivity contribution in [3.05, 3.63) is 41.9 Å².